The second kappa shape index (κ2) is 24.0. The van der Waals surface area contributed by atoms with Crippen molar-refractivity contribution in [1.29, 1.82) is 0 Å². The van der Waals surface area contributed by atoms with Crippen LogP contribution in [-0.4, -0.2) is 133 Å². The predicted molar refractivity (Wildman–Crippen MR) is 263 cm³/mol. The van der Waals surface area contributed by atoms with Crippen LogP contribution in [0.25, 0.3) is 11.4 Å². The van der Waals surface area contributed by atoms with E-state index in [1.54, 1.807) is 59.4 Å². The van der Waals surface area contributed by atoms with Gasteiger partial charge in [0, 0.05) is 52.2 Å². The summed E-state index contributed by atoms with van der Waals surface area (Å²) in [7, 11) is 1.24. The average molecular weight is 1080 g/mol. The Labute approximate surface area is 427 Å². The fourth-order valence-corrected chi connectivity index (χ4v) is 11.4. The first kappa shape index (κ1) is 54.2. The quantitative estimate of drug-likeness (QED) is 0.0786. The van der Waals surface area contributed by atoms with Gasteiger partial charge < -0.3 is 37.9 Å². The summed E-state index contributed by atoms with van der Waals surface area (Å²) in [5.74, 6) is 2.84. The standard InChI is InChI=1S/2C23H28ClN5O6S/c2*1-14(21(34-4)22-25-11-15(24)12-26-22)36(30,31)13-19-27-28-23(18-9-6-10-35-18)29(19)20-16(32-2)7-5-8-17(20)33-3/h2*5,7-8,11-12,14,18,21H,6,9-10,13H2,1-4H3/t14-,18+,21-;14-,18-,21-/m00/s1. The van der Waals surface area contributed by atoms with Crippen molar-refractivity contribution in [2.45, 2.75) is 86.0 Å². The van der Waals surface area contributed by atoms with Gasteiger partial charge >= 0.3 is 0 Å². The fourth-order valence-electron chi connectivity index (χ4n) is 8.37. The molecule has 0 N–H and O–H groups in total. The number of sulfone groups is 2. The summed E-state index contributed by atoms with van der Waals surface area (Å²) in [6.45, 7) is 4.27. The van der Waals surface area contributed by atoms with Crippen LogP contribution in [0.3, 0.4) is 0 Å². The number of para-hydroxylation sites is 2. The Balaban J connectivity index is 0.000000211. The minimum atomic E-state index is -3.85. The first-order chi connectivity index (χ1) is 34.6. The van der Waals surface area contributed by atoms with Crippen LogP contribution < -0.4 is 18.9 Å². The van der Waals surface area contributed by atoms with Crippen molar-refractivity contribution in [3.05, 3.63) is 106 Å². The lowest BCUT2D eigenvalue weighted by molar-refractivity contribution is 0.0947. The van der Waals surface area contributed by atoms with Crippen LogP contribution in [0.1, 0.15) is 98.9 Å². The number of aromatic nitrogens is 10. The molecule has 8 rings (SSSR count). The van der Waals surface area contributed by atoms with Gasteiger partial charge in [-0.15, -0.1) is 20.4 Å². The molecule has 22 nitrogen and oxygen atoms in total. The number of nitrogens with zero attached hydrogens (tertiary/aromatic N) is 10. The zero-order chi connectivity index (χ0) is 51.7. The van der Waals surface area contributed by atoms with E-state index in [1.807, 2.05) is 0 Å². The molecular formula is C46H56Cl2N10O12S2. The van der Waals surface area contributed by atoms with E-state index >= 15 is 0 Å². The molecule has 2 saturated heterocycles. The highest BCUT2D eigenvalue weighted by molar-refractivity contribution is 7.91. The third-order valence-corrected chi connectivity index (χ3v) is 16.6. The van der Waals surface area contributed by atoms with Gasteiger partial charge in [-0.05, 0) is 63.8 Å². The largest absolute Gasteiger partial charge is 0.494 e. The Hall–Kier alpha value is -5.60. The number of benzene rings is 2. The van der Waals surface area contributed by atoms with Gasteiger partial charge in [-0.25, -0.2) is 36.8 Å². The highest BCUT2D eigenvalue weighted by Gasteiger charge is 2.38. The van der Waals surface area contributed by atoms with Gasteiger partial charge in [0.05, 0.1) is 49.0 Å². The molecule has 26 heteroatoms. The first-order valence-electron chi connectivity index (χ1n) is 22.6. The smallest absolute Gasteiger partial charge is 0.167 e. The maximum absolute atomic E-state index is 13.6. The Morgan fingerprint density at radius 2 is 0.903 bits per heavy atom. The number of hydrogen-bond donors (Lipinski definition) is 0. The lowest BCUT2D eigenvalue weighted by Crippen LogP contribution is -2.30. The molecule has 2 aromatic carbocycles. The van der Waals surface area contributed by atoms with Crippen molar-refractivity contribution in [3.8, 4) is 34.4 Å². The Kier molecular flexibility index (Phi) is 18.0. The monoisotopic (exact) mass is 1070 g/mol. The zero-order valence-electron chi connectivity index (χ0n) is 40.8. The van der Waals surface area contributed by atoms with Crippen LogP contribution in [-0.2, 0) is 50.1 Å². The van der Waals surface area contributed by atoms with Gasteiger partial charge in [0.1, 0.15) is 70.3 Å². The van der Waals surface area contributed by atoms with Crippen LogP contribution in [0.5, 0.6) is 23.0 Å². The van der Waals surface area contributed by atoms with Crippen molar-refractivity contribution >= 4 is 42.9 Å². The highest BCUT2D eigenvalue weighted by atomic mass is 35.5. The third kappa shape index (κ3) is 11.8. The summed E-state index contributed by atoms with van der Waals surface area (Å²) < 4.78 is 103. The van der Waals surface area contributed by atoms with Gasteiger partial charge in [0.2, 0.25) is 0 Å². The van der Waals surface area contributed by atoms with E-state index in [1.165, 1.54) is 67.4 Å². The van der Waals surface area contributed by atoms with Crippen LogP contribution in [0, 0.1) is 0 Å². The lowest BCUT2D eigenvalue weighted by Gasteiger charge is -2.22. The number of hydrogen-bond acceptors (Lipinski definition) is 20. The van der Waals surface area contributed by atoms with Crippen molar-refractivity contribution in [2.75, 3.05) is 55.9 Å². The molecule has 388 valence electrons. The van der Waals surface area contributed by atoms with E-state index in [2.05, 4.69) is 40.3 Å². The molecule has 2 aliphatic rings. The zero-order valence-corrected chi connectivity index (χ0v) is 44.0. The fraction of sp³-hybridized carbons (Fsp3) is 0.478. The lowest BCUT2D eigenvalue weighted by atomic mass is 10.2. The summed E-state index contributed by atoms with van der Waals surface area (Å²) in [6, 6.07) is 10.6. The second-order valence-electron chi connectivity index (χ2n) is 16.5. The minimum Gasteiger partial charge on any atom is -0.494 e. The van der Waals surface area contributed by atoms with Crippen LogP contribution in [0.15, 0.2) is 61.2 Å². The summed E-state index contributed by atoms with van der Waals surface area (Å²) in [5.41, 5.74) is 1.00. The van der Waals surface area contributed by atoms with Crippen molar-refractivity contribution in [1.82, 2.24) is 49.5 Å². The molecule has 0 saturated carbocycles. The van der Waals surface area contributed by atoms with Gasteiger partial charge in [0.15, 0.2) is 54.6 Å². The average Bonchev–Trinajstić information content (AvgIpc) is 4.24. The summed E-state index contributed by atoms with van der Waals surface area (Å²) >= 11 is 11.8. The van der Waals surface area contributed by atoms with Crippen LogP contribution in [0.4, 0.5) is 0 Å². The van der Waals surface area contributed by atoms with E-state index in [9.17, 15) is 16.8 Å². The molecule has 2 fully saturated rings. The van der Waals surface area contributed by atoms with E-state index < -0.39 is 53.9 Å². The molecule has 0 unspecified atom stereocenters. The number of ether oxygens (including phenoxy) is 8. The highest BCUT2D eigenvalue weighted by Crippen LogP contribution is 2.40. The summed E-state index contributed by atoms with van der Waals surface area (Å²) in [6.07, 6.45) is 6.28. The molecule has 6 heterocycles. The van der Waals surface area contributed by atoms with E-state index in [-0.39, 0.29) is 35.5 Å². The Bertz CT molecular complexity index is 2750. The number of methoxy groups -OCH3 is 6. The molecule has 4 aromatic heterocycles. The molecule has 0 amide bonds. The Morgan fingerprint density at radius 3 is 1.18 bits per heavy atom. The second-order valence-corrected chi connectivity index (χ2v) is 22.1. The maximum atomic E-state index is 13.6. The Morgan fingerprint density at radius 1 is 0.569 bits per heavy atom. The molecule has 6 atom stereocenters. The van der Waals surface area contributed by atoms with Crippen LogP contribution >= 0.6 is 23.2 Å². The van der Waals surface area contributed by atoms with E-state index in [0.717, 1.165) is 25.7 Å². The number of halogens is 2. The molecular weight excluding hydrogens is 1020 g/mol. The molecule has 0 bridgehead atoms. The number of rotatable bonds is 20. The van der Waals surface area contributed by atoms with Crippen molar-refractivity contribution in [2.24, 2.45) is 0 Å². The van der Waals surface area contributed by atoms with Gasteiger partial charge in [-0.3, -0.25) is 9.13 Å². The third-order valence-electron chi connectivity index (χ3n) is 12.1. The van der Waals surface area contributed by atoms with Gasteiger partial charge in [0.25, 0.3) is 0 Å². The molecule has 0 spiro atoms. The SMILES string of the molecule is COc1cccc(OC)c1-n1c(CS(=O)(=O)[C@@H](C)[C@H](OC)c2ncc(Cl)cn2)nnc1[C@@H]1CCCO1.COc1cccc(OC)c1-n1c(CS(=O)(=O)[C@@H](C)[C@H](OC)c2ncc(Cl)cn2)nnc1[C@H]1CCCO1. The van der Waals surface area contributed by atoms with Gasteiger partial charge in [-0.1, -0.05) is 35.3 Å². The molecule has 6 aromatic rings. The minimum absolute atomic E-state index is 0.196. The molecule has 0 aliphatic carbocycles. The van der Waals surface area contributed by atoms with Crippen molar-refractivity contribution in [3.63, 3.8) is 0 Å². The van der Waals surface area contributed by atoms with E-state index in [4.69, 9.17) is 61.1 Å². The normalized spacial score (nSPS) is 17.6. The van der Waals surface area contributed by atoms with Crippen LogP contribution in [0.2, 0.25) is 10.0 Å². The molecule has 72 heavy (non-hydrogen) atoms. The van der Waals surface area contributed by atoms with E-state index in [0.29, 0.717) is 69.3 Å². The maximum Gasteiger partial charge on any atom is 0.167 e. The topological polar surface area (TPSA) is 255 Å². The first-order valence-corrected chi connectivity index (χ1v) is 26.8. The summed E-state index contributed by atoms with van der Waals surface area (Å²) in [4.78, 5) is 16.6. The molecule has 0 radical (unpaired) electrons. The van der Waals surface area contributed by atoms with Gasteiger partial charge in [-0.2, -0.15) is 0 Å². The van der Waals surface area contributed by atoms with Crippen molar-refractivity contribution < 1.29 is 54.7 Å². The predicted octanol–water partition coefficient (Wildman–Crippen LogP) is 6.54. The summed E-state index contributed by atoms with van der Waals surface area (Å²) in [5, 5.41) is 15.9. The molecule has 2 aliphatic heterocycles.